The van der Waals surface area contributed by atoms with Crippen molar-refractivity contribution in [3.63, 3.8) is 0 Å². The van der Waals surface area contributed by atoms with E-state index in [1.807, 2.05) is 37.3 Å². The summed E-state index contributed by atoms with van der Waals surface area (Å²) in [6, 6.07) is 12.8. The third-order valence-electron chi connectivity index (χ3n) is 4.82. The molecule has 4 rings (SSSR count). The molecule has 0 aliphatic carbocycles. The first-order chi connectivity index (χ1) is 14.7. The van der Waals surface area contributed by atoms with E-state index in [-0.39, 0.29) is 5.91 Å². The van der Waals surface area contributed by atoms with Crippen molar-refractivity contribution in [2.75, 3.05) is 35.2 Å². The molecule has 1 aromatic carbocycles. The number of nitrogens with zero attached hydrogens (tertiary/aromatic N) is 4. The van der Waals surface area contributed by atoms with Gasteiger partial charge in [0.2, 0.25) is 5.88 Å². The Morgan fingerprint density at radius 3 is 2.53 bits per heavy atom. The van der Waals surface area contributed by atoms with E-state index in [2.05, 4.69) is 30.7 Å². The molecule has 154 valence electrons. The zero-order valence-electron chi connectivity index (χ0n) is 16.8. The van der Waals surface area contributed by atoms with E-state index >= 15 is 0 Å². The molecule has 2 N–H and O–H groups in total. The Labute approximate surface area is 175 Å². The van der Waals surface area contributed by atoms with Crippen LogP contribution in [0.2, 0.25) is 0 Å². The molecule has 0 saturated carbocycles. The molecule has 8 heteroatoms. The van der Waals surface area contributed by atoms with E-state index in [1.54, 1.807) is 18.3 Å². The first-order valence-corrected chi connectivity index (χ1v) is 10.1. The molecule has 0 atom stereocenters. The Morgan fingerprint density at radius 2 is 1.83 bits per heavy atom. The van der Waals surface area contributed by atoms with E-state index in [0.29, 0.717) is 29.6 Å². The van der Waals surface area contributed by atoms with Crippen molar-refractivity contribution in [1.29, 1.82) is 0 Å². The van der Waals surface area contributed by atoms with E-state index in [0.717, 1.165) is 24.5 Å². The van der Waals surface area contributed by atoms with Crippen LogP contribution in [0.4, 0.5) is 22.9 Å². The van der Waals surface area contributed by atoms with Crippen LogP contribution in [0, 0.1) is 0 Å². The number of rotatable bonds is 7. The van der Waals surface area contributed by atoms with E-state index in [4.69, 9.17) is 4.74 Å². The van der Waals surface area contributed by atoms with Gasteiger partial charge in [-0.1, -0.05) is 0 Å². The lowest BCUT2D eigenvalue weighted by Crippen LogP contribution is -2.18. The van der Waals surface area contributed by atoms with Gasteiger partial charge in [-0.15, -0.1) is 5.10 Å². The highest BCUT2D eigenvalue weighted by atomic mass is 16.5. The lowest BCUT2D eigenvalue weighted by atomic mass is 10.2. The van der Waals surface area contributed by atoms with Crippen molar-refractivity contribution in [2.45, 2.75) is 19.8 Å². The van der Waals surface area contributed by atoms with Crippen LogP contribution in [-0.2, 0) is 0 Å². The van der Waals surface area contributed by atoms with Crippen LogP contribution in [0.25, 0.3) is 0 Å². The maximum absolute atomic E-state index is 12.4. The molecule has 0 bridgehead atoms. The Balaban J connectivity index is 1.37. The largest absolute Gasteiger partial charge is 0.478 e. The summed E-state index contributed by atoms with van der Waals surface area (Å²) in [5.41, 5.74) is 3.10. The third kappa shape index (κ3) is 4.83. The van der Waals surface area contributed by atoms with Crippen LogP contribution in [0.1, 0.15) is 30.1 Å². The SMILES string of the molecule is CCOc1ccc(C(=O)Nc2ccc(Nc3cc(N4CCCC4)cnn3)cc2)cn1. The van der Waals surface area contributed by atoms with Gasteiger partial charge in [-0.05, 0) is 50.1 Å². The second-order valence-corrected chi connectivity index (χ2v) is 6.97. The minimum absolute atomic E-state index is 0.226. The summed E-state index contributed by atoms with van der Waals surface area (Å²) in [5.74, 6) is 0.966. The fourth-order valence-corrected chi connectivity index (χ4v) is 3.30. The Bertz CT molecular complexity index is 985. The molecular formula is C22H24N6O2. The minimum atomic E-state index is -0.226. The molecule has 1 fully saturated rings. The van der Waals surface area contributed by atoms with Gasteiger partial charge < -0.3 is 20.3 Å². The fourth-order valence-electron chi connectivity index (χ4n) is 3.30. The summed E-state index contributed by atoms with van der Waals surface area (Å²) in [6.07, 6.45) is 5.73. The van der Waals surface area contributed by atoms with Gasteiger partial charge in [0.05, 0.1) is 24.1 Å². The second kappa shape index (κ2) is 9.21. The predicted molar refractivity (Wildman–Crippen MR) is 117 cm³/mol. The first-order valence-electron chi connectivity index (χ1n) is 10.1. The van der Waals surface area contributed by atoms with Gasteiger partial charge in [0.1, 0.15) is 0 Å². The average molecular weight is 404 g/mol. The number of aromatic nitrogens is 3. The standard InChI is InChI=1S/C22H24N6O2/c1-2-30-21-10-5-16(14-23-21)22(29)26-18-8-6-17(7-9-18)25-20-13-19(15-24-27-20)28-11-3-4-12-28/h5-10,13-15H,2-4,11-12H2,1H3,(H,25,27)(H,26,29). The lowest BCUT2D eigenvalue weighted by molar-refractivity contribution is 0.102. The summed E-state index contributed by atoms with van der Waals surface area (Å²) in [5, 5.41) is 14.4. The normalized spacial score (nSPS) is 13.2. The lowest BCUT2D eigenvalue weighted by Gasteiger charge is -2.17. The van der Waals surface area contributed by atoms with Gasteiger partial charge in [-0.2, -0.15) is 5.10 Å². The fraction of sp³-hybridized carbons (Fsp3) is 0.273. The molecule has 30 heavy (non-hydrogen) atoms. The van der Waals surface area contributed by atoms with Gasteiger partial charge in [0.15, 0.2) is 5.82 Å². The maximum Gasteiger partial charge on any atom is 0.257 e. The molecule has 8 nitrogen and oxygen atoms in total. The highest BCUT2D eigenvalue weighted by Crippen LogP contribution is 2.23. The average Bonchev–Trinajstić information content (AvgIpc) is 3.31. The predicted octanol–water partition coefficient (Wildman–Crippen LogP) is 3.87. The summed E-state index contributed by atoms with van der Waals surface area (Å²) in [6.45, 7) is 4.54. The van der Waals surface area contributed by atoms with Crippen molar-refractivity contribution in [3.05, 3.63) is 60.4 Å². The van der Waals surface area contributed by atoms with Crippen LogP contribution in [0.3, 0.4) is 0 Å². The molecular weight excluding hydrogens is 380 g/mol. The molecule has 0 radical (unpaired) electrons. The van der Waals surface area contributed by atoms with E-state index < -0.39 is 0 Å². The van der Waals surface area contributed by atoms with Crippen LogP contribution in [0.5, 0.6) is 5.88 Å². The number of amides is 1. The van der Waals surface area contributed by atoms with Gasteiger partial charge in [-0.3, -0.25) is 4.79 Å². The highest BCUT2D eigenvalue weighted by molar-refractivity contribution is 6.04. The van der Waals surface area contributed by atoms with Crippen molar-refractivity contribution < 1.29 is 9.53 Å². The number of pyridine rings is 1. The topological polar surface area (TPSA) is 92.3 Å². The Morgan fingerprint density at radius 1 is 1.07 bits per heavy atom. The minimum Gasteiger partial charge on any atom is -0.478 e. The van der Waals surface area contributed by atoms with Crippen LogP contribution >= 0.6 is 0 Å². The molecule has 3 aromatic rings. The van der Waals surface area contributed by atoms with E-state index in [9.17, 15) is 4.79 Å². The number of nitrogens with one attached hydrogen (secondary N) is 2. The number of hydrogen-bond donors (Lipinski definition) is 2. The molecule has 3 heterocycles. The molecule has 0 unspecified atom stereocenters. The second-order valence-electron chi connectivity index (χ2n) is 6.97. The molecule has 1 aliphatic rings. The van der Waals surface area contributed by atoms with E-state index in [1.165, 1.54) is 19.0 Å². The number of benzene rings is 1. The Hall–Kier alpha value is -3.68. The monoisotopic (exact) mass is 404 g/mol. The van der Waals surface area contributed by atoms with Crippen LogP contribution in [0.15, 0.2) is 54.9 Å². The Kier molecular flexibility index (Phi) is 6.03. The molecule has 2 aromatic heterocycles. The van der Waals surface area contributed by atoms with Crippen molar-refractivity contribution in [2.24, 2.45) is 0 Å². The van der Waals surface area contributed by atoms with Crippen molar-refractivity contribution in [3.8, 4) is 5.88 Å². The molecule has 0 spiro atoms. The van der Waals surface area contributed by atoms with Gasteiger partial charge in [0, 0.05) is 42.8 Å². The number of carbonyl (C=O) groups is 1. The summed E-state index contributed by atoms with van der Waals surface area (Å²) in [4.78, 5) is 18.8. The van der Waals surface area contributed by atoms with Gasteiger partial charge >= 0.3 is 0 Å². The van der Waals surface area contributed by atoms with Crippen molar-refractivity contribution in [1.82, 2.24) is 15.2 Å². The van der Waals surface area contributed by atoms with Crippen LogP contribution < -0.4 is 20.3 Å². The third-order valence-corrected chi connectivity index (χ3v) is 4.82. The zero-order valence-corrected chi connectivity index (χ0v) is 16.8. The zero-order chi connectivity index (χ0) is 20.8. The van der Waals surface area contributed by atoms with Gasteiger partial charge in [0.25, 0.3) is 5.91 Å². The molecule has 1 aliphatic heterocycles. The highest BCUT2D eigenvalue weighted by Gasteiger charge is 2.13. The summed E-state index contributed by atoms with van der Waals surface area (Å²) >= 11 is 0. The quantitative estimate of drug-likeness (QED) is 0.618. The number of carbonyl (C=O) groups excluding carboxylic acids is 1. The van der Waals surface area contributed by atoms with Gasteiger partial charge in [-0.25, -0.2) is 4.98 Å². The smallest absolute Gasteiger partial charge is 0.257 e. The maximum atomic E-state index is 12.4. The summed E-state index contributed by atoms with van der Waals surface area (Å²) in [7, 11) is 0. The summed E-state index contributed by atoms with van der Waals surface area (Å²) < 4.78 is 5.30. The molecule has 1 saturated heterocycles. The molecule has 1 amide bonds. The van der Waals surface area contributed by atoms with Crippen LogP contribution in [-0.4, -0.2) is 40.8 Å². The number of hydrogen-bond acceptors (Lipinski definition) is 7. The number of anilines is 4. The first kappa shape index (κ1) is 19.6. The number of ether oxygens (including phenoxy) is 1. The van der Waals surface area contributed by atoms with Crippen molar-refractivity contribution >= 4 is 28.8 Å².